The highest BCUT2D eigenvalue weighted by molar-refractivity contribution is 6.31. The van der Waals surface area contributed by atoms with Crippen LogP contribution in [0.15, 0.2) is 18.2 Å². The molecule has 3 nitrogen and oxygen atoms in total. The minimum absolute atomic E-state index is 0.0733. The Labute approximate surface area is 125 Å². The zero-order chi connectivity index (χ0) is 14.7. The van der Waals surface area contributed by atoms with Gasteiger partial charge in [-0.15, -0.1) is 0 Å². The van der Waals surface area contributed by atoms with Crippen molar-refractivity contribution in [1.29, 1.82) is 0 Å². The molecule has 0 N–H and O–H groups in total. The third-order valence-corrected chi connectivity index (χ3v) is 4.18. The lowest BCUT2D eigenvalue weighted by Crippen LogP contribution is -2.45. The van der Waals surface area contributed by atoms with E-state index in [1.165, 1.54) is 6.42 Å². The molecule has 0 aliphatic carbocycles. The van der Waals surface area contributed by atoms with Crippen molar-refractivity contribution in [3.05, 3.63) is 28.8 Å². The molecule has 4 heteroatoms. The van der Waals surface area contributed by atoms with Crippen LogP contribution in [0.1, 0.15) is 32.3 Å². The number of halogens is 1. The van der Waals surface area contributed by atoms with Gasteiger partial charge in [-0.05, 0) is 56.4 Å². The van der Waals surface area contributed by atoms with Crippen LogP contribution in [0.4, 0.5) is 0 Å². The number of hydrogen-bond donors (Lipinski definition) is 0. The third kappa shape index (κ3) is 3.66. The molecule has 2 rings (SSSR count). The van der Waals surface area contributed by atoms with Crippen LogP contribution in [0, 0.1) is 12.8 Å². The van der Waals surface area contributed by atoms with E-state index in [2.05, 4.69) is 6.92 Å². The minimum atomic E-state index is -0.458. The second-order valence-corrected chi connectivity index (χ2v) is 6.11. The van der Waals surface area contributed by atoms with Crippen molar-refractivity contribution in [1.82, 2.24) is 4.90 Å². The van der Waals surface area contributed by atoms with Crippen molar-refractivity contribution in [2.75, 3.05) is 13.1 Å². The minimum Gasteiger partial charge on any atom is -0.481 e. The van der Waals surface area contributed by atoms with Crippen LogP contribution in [0.2, 0.25) is 5.02 Å². The lowest BCUT2D eigenvalue weighted by Gasteiger charge is -2.32. The Bertz CT molecular complexity index is 489. The number of nitrogens with zero attached hydrogens (tertiary/aromatic N) is 1. The van der Waals surface area contributed by atoms with Crippen LogP contribution < -0.4 is 4.74 Å². The van der Waals surface area contributed by atoms with Crippen molar-refractivity contribution in [2.24, 2.45) is 5.92 Å². The molecular weight excluding hydrogens is 274 g/mol. The molecule has 0 aromatic heterocycles. The van der Waals surface area contributed by atoms with Crippen LogP contribution in [0.25, 0.3) is 0 Å². The second kappa shape index (κ2) is 6.49. The van der Waals surface area contributed by atoms with Crippen LogP contribution in [-0.4, -0.2) is 30.0 Å². The summed E-state index contributed by atoms with van der Waals surface area (Å²) in [6, 6.07) is 5.47. The molecule has 1 aromatic rings. The molecule has 20 heavy (non-hydrogen) atoms. The molecular formula is C16H22ClNO2. The molecule has 1 fully saturated rings. The summed E-state index contributed by atoms with van der Waals surface area (Å²) in [6.07, 6.45) is 1.83. The first-order chi connectivity index (χ1) is 9.47. The summed E-state index contributed by atoms with van der Waals surface area (Å²) in [5.74, 6) is 1.35. The maximum absolute atomic E-state index is 12.4. The zero-order valence-electron chi connectivity index (χ0n) is 12.4. The summed E-state index contributed by atoms with van der Waals surface area (Å²) < 4.78 is 5.75. The monoisotopic (exact) mass is 295 g/mol. The highest BCUT2D eigenvalue weighted by Gasteiger charge is 2.26. The van der Waals surface area contributed by atoms with E-state index in [0.717, 1.165) is 25.1 Å². The van der Waals surface area contributed by atoms with Gasteiger partial charge in [-0.3, -0.25) is 4.79 Å². The summed E-state index contributed by atoms with van der Waals surface area (Å²) >= 11 is 5.99. The van der Waals surface area contributed by atoms with E-state index in [-0.39, 0.29) is 5.91 Å². The number of amides is 1. The summed E-state index contributed by atoms with van der Waals surface area (Å²) in [5.41, 5.74) is 0.954. The quantitative estimate of drug-likeness (QED) is 0.851. The standard InChI is InChI=1S/C16H22ClNO2/c1-11-5-4-8-18(10-11)16(19)13(3)20-14-6-7-15(17)12(2)9-14/h6-7,9,11,13H,4-5,8,10H2,1-3H3/t11-,13+/m0/s1. The molecule has 1 aromatic carbocycles. The summed E-state index contributed by atoms with van der Waals surface area (Å²) in [5, 5.41) is 0.709. The largest absolute Gasteiger partial charge is 0.481 e. The van der Waals surface area contributed by atoms with Gasteiger partial charge in [0.1, 0.15) is 5.75 Å². The van der Waals surface area contributed by atoms with Crippen molar-refractivity contribution in [2.45, 2.75) is 39.7 Å². The zero-order valence-corrected chi connectivity index (χ0v) is 13.1. The van der Waals surface area contributed by atoms with E-state index >= 15 is 0 Å². The first-order valence-corrected chi connectivity index (χ1v) is 7.56. The number of rotatable bonds is 3. The number of hydrogen-bond acceptors (Lipinski definition) is 2. The smallest absolute Gasteiger partial charge is 0.263 e. The summed E-state index contributed by atoms with van der Waals surface area (Å²) in [4.78, 5) is 14.3. The fourth-order valence-electron chi connectivity index (χ4n) is 2.59. The van der Waals surface area contributed by atoms with Crippen LogP contribution in [0.3, 0.4) is 0 Å². The number of likely N-dealkylation sites (tertiary alicyclic amines) is 1. The van der Waals surface area contributed by atoms with Crippen molar-refractivity contribution in [3.63, 3.8) is 0 Å². The Kier molecular flexibility index (Phi) is 4.92. The van der Waals surface area contributed by atoms with Gasteiger partial charge in [0.25, 0.3) is 5.91 Å². The topological polar surface area (TPSA) is 29.5 Å². The number of aryl methyl sites for hydroxylation is 1. The van der Waals surface area contributed by atoms with Crippen LogP contribution in [-0.2, 0) is 4.79 Å². The highest BCUT2D eigenvalue weighted by Crippen LogP contribution is 2.23. The summed E-state index contributed by atoms with van der Waals surface area (Å²) in [7, 11) is 0. The van der Waals surface area contributed by atoms with Crippen LogP contribution in [0.5, 0.6) is 5.75 Å². The van der Waals surface area contributed by atoms with Gasteiger partial charge < -0.3 is 9.64 Å². The average molecular weight is 296 g/mol. The predicted molar refractivity (Wildman–Crippen MR) is 81.3 cm³/mol. The fraction of sp³-hybridized carbons (Fsp3) is 0.562. The Balaban J connectivity index is 1.98. The van der Waals surface area contributed by atoms with Gasteiger partial charge in [-0.25, -0.2) is 0 Å². The maximum atomic E-state index is 12.4. The van der Waals surface area contributed by atoms with Gasteiger partial charge in [0.15, 0.2) is 6.10 Å². The Morgan fingerprint density at radius 2 is 2.25 bits per heavy atom. The number of carbonyl (C=O) groups is 1. The van der Waals surface area contributed by atoms with Gasteiger partial charge in [0.2, 0.25) is 0 Å². The van der Waals surface area contributed by atoms with Gasteiger partial charge in [-0.1, -0.05) is 18.5 Å². The van der Waals surface area contributed by atoms with E-state index in [9.17, 15) is 4.79 Å². The average Bonchev–Trinajstić information content (AvgIpc) is 2.42. The number of ether oxygens (including phenoxy) is 1. The first-order valence-electron chi connectivity index (χ1n) is 7.19. The predicted octanol–water partition coefficient (Wildman–Crippen LogP) is 3.67. The van der Waals surface area contributed by atoms with E-state index in [0.29, 0.717) is 16.7 Å². The van der Waals surface area contributed by atoms with Gasteiger partial charge >= 0.3 is 0 Å². The van der Waals surface area contributed by atoms with Crippen LogP contribution >= 0.6 is 11.6 Å². The van der Waals surface area contributed by atoms with E-state index in [1.54, 1.807) is 12.1 Å². The fourth-order valence-corrected chi connectivity index (χ4v) is 2.71. The molecule has 0 bridgehead atoms. The Morgan fingerprint density at radius 1 is 1.50 bits per heavy atom. The summed E-state index contributed by atoms with van der Waals surface area (Å²) in [6.45, 7) is 7.61. The Hall–Kier alpha value is -1.22. The molecule has 0 unspecified atom stereocenters. The molecule has 0 radical (unpaired) electrons. The van der Waals surface area contributed by atoms with Crippen molar-refractivity contribution >= 4 is 17.5 Å². The highest BCUT2D eigenvalue weighted by atomic mass is 35.5. The van der Waals surface area contributed by atoms with Gasteiger partial charge in [0, 0.05) is 18.1 Å². The molecule has 2 atom stereocenters. The number of benzene rings is 1. The molecule has 1 amide bonds. The lowest BCUT2D eigenvalue weighted by atomic mass is 10.00. The SMILES string of the molecule is Cc1cc(O[C@H](C)C(=O)N2CCC[C@H](C)C2)ccc1Cl. The van der Waals surface area contributed by atoms with E-state index < -0.39 is 6.10 Å². The number of carbonyl (C=O) groups excluding carboxylic acids is 1. The maximum Gasteiger partial charge on any atom is 0.263 e. The van der Waals surface area contributed by atoms with Gasteiger partial charge in [0.05, 0.1) is 0 Å². The first kappa shape index (κ1) is 15.2. The molecule has 1 heterocycles. The molecule has 0 spiro atoms. The van der Waals surface area contributed by atoms with E-state index in [4.69, 9.17) is 16.3 Å². The molecule has 0 saturated carbocycles. The Morgan fingerprint density at radius 3 is 2.90 bits per heavy atom. The van der Waals surface area contributed by atoms with Crippen molar-refractivity contribution in [3.8, 4) is 5.75 Å². The lowest BCUT2D eigenvalue weighted by molar-refractivity contribution is -0.139. The normalized spacial score (nSPS) is 20.6. The third-order valence-electron chi connectivity index (χ3n) is 3.76. The molecule has 1 aliphatic rings. The van der Waals surface area contributed by atoms with E-state index in [1.807, 2.05) is 24.8 Å². The van der Waals surface area contributed by atoms with Gasteiger partial charge in [-0.2, -0.15) is 0 Å². The molecule has 1 saturated heterocycles. The number of piperidine rings is 1. The molecule has 110 valence electrons. The van der Waals surface area contributed by atoms with Crippen molar-refractivity contribution < 1.29 is 9.53 Å². The second-order valence-electron chi connectivity index (χ2n) is 5.70. The molecule has 1 aliphatic heterocycles.